The quantitative estimate of drug-likeness (QED) is 0.636. The molecule has 0 bridgehead atoms. The summed E-state index contributed by atoms with van der Waals surface area (Å²) in [4.78, 5) is 18.6. The highest BCUT2D eigenvalue weighted by molar-refractivity contribution is 7.92. The van der Waals surface area contributed by atoms with E-state index in [0.29, 0.717) is 24.3 Å². The average molecular weight is 442 g/mol. The monoisotopic (exact) mass is 441 g/mol. The van der Waals surface area contributed by atoms with E-state index in [9.17, 15) is 13.2 Å². The van der Waals surface area contributed by atoms with Crippen molar-refractivity contribution in [3.05, 3.63) is 82.6 Å². The van der Waals surface area contributed by atoms with Crippen LogP contribution in [-0.4, -0.2) is 50.3 Å². The number of nitrogens with zero attached hydrogens (tertiary/aromatic N) is 2. The summed E-state index contributed by atoms with van der Waals surface area (Å²) in [5.74, 6) is -0.0248. The van der Waals surface area contributed by atoms with Gasteiger partial charge < -0.3 is 4.90 Å². The van der Waals surface area contributed by atoms with E-state index in [-0.39, 0.29) is 10.8 Å². The van der Waals surface area contributed by atoms with Crippen LogP contribution in [0.25, 0.3) is 0 Å². The number of amides is 1. The fourth-order valence-electron chi connectivity index (χ4n) is 3.41. The molecular formula is C22H23N3O3S2. The summed E-state index contributed by atoms with van der Waals surface area (Å²) in [6.45, 7) is 3.99. The van der Waals surface area contributed by atoms with Gasteiger partial charge in [0.15, 0.2) is 0 Å². The molecule has 0 radical (unpaired) electrons. The maximum atomic E-state index is 12.8. The van der Waals surface area contributed by atoms with Crippen molar-refractivity contribution in [3.63, 3.8) is 0 Å². The molecule has 0 saturated carbocycles. The zero-order valence-corrected chi connectivity index (χ0v) is 18.0. The van der Waals surface area contributed by atoms with Gasteiger partial charge in [0.25, 0.3) is 15.9 Å². The molecule has 0 unspecified atom stereocenters. The van der Waals surface area contributed by atoms with Crippen LogP contribution in [0.15, 0.2) is 77.0 Å². The zero-order valence-electron chi connectivity index (χ0n) is 16.4. The van der Waals surface area contributed by atoms with E-state index in [4.69, 9.17) is 0 Å². The van der Waals surface area contributed by atoms with Crippen molar-refractivity contribution < 1.29 is 13.2 Å². The molecule has 1 aliphatic heterocycles. The summed E-state index contributed by atoms with van der Waals surface area (Å²) in [6.07, 6.45) is 0. The van der Waals surface area contributed by atoms with E-state index in [0.717, 1.165) is 19.6 Å². The van der Waals surface area contributed by atoms with Crippen LogP contribution in [-0.2, 0) is 16.6 Å². The first-order valence-corrected chi connectivity index (χ1v) is 12.1. The summed E-state index contributed by atoms with van der Waals surface area (Å²) < 4.78 is 27.4. The molecule has 2 heterocycles. The van der Waals surface area contributed by atoms with Gasteiger partial charge in [0, 0.05) is 48.9 Å². The number of hydrogen-bond donors (Lipinski definition) is 1. The summed E-state index contributed by atoms with van der Waals surface area (Å²) in [5, 5.41) is 2.08. The minimum Gasteiger partial charge on any atom is -0.336 e. The highest BCUT2D eigenvalue weighted by Crippen LogP contribution is 2.18. The molecule has 6 nitrogen and oxygen atoms in total. The molecule has 156 valence electrons. The van der Waals surface area contributed by atoms with Crippen molar-refractivity contribution in [2.45, 2.75) is 11.4 Å². The van der Waals surface area contributed by atoms with Crippen LogP contribution in [0.5, 0.6) is 0 Å². The molecule has 1 amide bonds. The van der Waals surface area contributed by atoms with Crippen LogP contribution in [0.3, 0.4) is 0 Å². The molecule has 2 aromatic carbocycles. The maximum Gasteiger partial charge on any atom is 0.261 e. The number of carbonyl (C=O) groups is 1. The van der Waals surface area contributed by atoms with E-state index in [1.54, 1.807) is 65.9 Å². The Morgan fingerprint density at radius 1 is 0.900 bits per heavy atom. The van der Waals surface area contributed by atoms with E-state index >= 15 is 0 Å². The molecule has 0 spiro atoms. The Morgan fingerprint density at radius 3 is 2.23 bits per heavy atom. The Hall–Kier alpha value is -2.68. The van der Waals surface area contributed by atoms with Crippen molar-refractivity contribution in [1.29, 1.82) is 0 Å². The number of hydrogen-bond acceptors (Lipinski definition) is 5. The number of thiophene rings is 1. The predicted molar refractivity (Wildman–Crippen MR) is 119 cm³/mol. The van der Waals surface area contributed by atoms with Crippen molar-refractivity contribution in [2.24, 2.45) is 0 Å². The van der Waals surface area contributed by atoms with Gasteiger partial charge in [0.05, 0.1) is 4.90 Å². The normalized spacial score (nSPS) is 15.1. The van der Waals surface area contributed by atoms with Crippen molar-refractivity contribution in [3.8, 4) is 0 Å². The van der Waals surface area contributed by atoms with Gasteiger partial charge in [-0.3, -0.25) is 14.4 Å². The lowest BCUT2D eigenvalue weighted by molar-refractivity contribution is 0.0629. The van der Waals surface area contributed by atoms with Gasteiger partial charge in [-0.25, -0.2) is 8.42 Å². The van der Waals surface area contributed by atoms with Gasteiger partial charge in [0.1, 0.15) is 0 Å². The Balaban J connectivity index is 1.34. The van der Waals surface area contributed by atoms with Gasteiger partial charge in [-0.05, 0) is 47.8 Å². The number of carbonyl (C=O) groups excluding carboxylic acids is 1. The Labute approximate surface area is 180 Å². The lowest BCUT2D eigenvalue weighted by Gasteiger charge is -2.34. The SMILES string of the molecule is O=C(c1ccc(NS(=O)(=O)c2ccccc2)cc1)N1CCN(Cc2cccs2)CC1. The third-order valence-electron chi connectivity index (χ3n) is 5.06. The number of rotatable bonds is 6. The second kappa shape index (κ2) is 8.99. The first-order chi connectivity index (χ1) is 14.5. The molecule has 0 aliphatic carbocycles. The predicted octanol–water partition coefficient (Wildman–Crippen LogP) is 3.51. The van der Waals surface area contributed by atoms with Crippen LogP contribution < -0.4 is 4.72 Å². The third-order valence-corrected chi connectivity index (χ3v) is 7.31. The summed E-state index contributed by atoms with van der Waals surface area (Å²) >= 11 is 1.75. The molecule has 1 saturated heterocycles. The van der Waals surface area contributed by atoms with E-state index in [1.165, 1.54) is 4.88 Å². The van der Waals surface area contributed by atoms with Gasteiger partial charge >= 0.3 is 0 Å². The minimum absolute atomic E-state index is 0.0248. The summed E-state index contributed by atoms with van der Waals surface area (Å²) in [5.41, 5.74) is 0.987. The highest BCUT2D eigenvalue weighted by atomic mass is 32.2. The second-order valence-corrected chi connectivity index (χ2v) is 9.86. The van der Waals surface area contributed by atoms with Crippen molar-refractivity contribution in [1.82, 2.24) is 9.80 Å². The first kappa shape index (κ1) is 20.6. The maximum absolute atomic E-state index is 12.8. The largest absolute Gasteiger partial charge is 0.336 e. The van der Waals surface area contributed by atoms with Crippen LogP contribution >= 0.6 is 11.3 Å². The standard InChI is InChI=1S/C22H23N3O3S2/c26-22(25-14-12-24(13-15-25)17-20-5-4-16-29-20)18-8-10-19(11-9-18)23-30(27,28)21-6-2-1-3-7-21/h1-11,16,23H,12-15,17H2. The first-order valence-electron chi connectivity index (χ1n) is 9.73. The van der Waals surface area contributed by atoms with Gasteiger partial charge in [0.2, 0.25) is 0 Å². The highest BCUT2D eigenvalue weighted by Gasteiger charge is 2.22. The zero-order chi connectivity index (χ0) is 21.0. The lowest BCUT2D eigenvalue weighted by atomic mass is 10.1. The molecular weight excluding hydrogens is 418 g/mol. The van der Waals surface area contributed by atoms with E-state index in [1.807, 2.05) is 4.90 Å². The molecule has 1 aliphatic rings. The van der Waals surface area contributed by atoms with Gasteiger partial charge in [-0.2, -0.15) is 0 Å². The Kier molecular flexibility index (Phi) is 6.17. The molecule has 30 heavy (non-hydrogen) atoms. The number of piperazine rings is 1. The van der Waals surface area contributed by atoms with Crippen LogP contribution in [0, 0.1) is 0 Å². The molecule has 1 N–H and O–H groups in total. The summed E-state index contributed by atoms with van der Waals surface area (Å²) in [6, 6.07) is 19.0. The number of sulfonamides is 1. The third kappa shape index (κ3) is 4.89. The topological polar surface area (TPSA) is 69.7 Å². The molecule has 1 fully saturated rings. The van der Waals surface area contributed by atoms with Gasteiger partial charge in [-0.15, -0.1) is 11.3 Å². The minimum atomic E-state index is -3.64. The fraction of sp³-hybridized carbons (Fsp3) is 0.227. The second-order valence-electron chi connectivity index (χ2n) is 7.14. The Morgan fingerprint density at radius 2 is 1.60 bits per heavy atom. The van der Waals surface area contributed by atoms with E-state index in [2.05, 4.69) is 27.1 Å². The fourth-order valence-corrected chi connectivity index (χ4v) is 5.23. The number of nitrogens with one attached hydrogen (secondary N) is 1. The van der Waals surface area contributed by atoms with Crippen molar-refractivity contribution >= 4 is 33.0 Å². The molecule has 0 atom stereocenters. The van der Waals surface area contributed by atoms with Gasteiger partial charge in [-0.1, -0.05) is 24.3 Å². The van der Waals surface area contributed by atoms with Crippen molar-refractivity contribution in [2.75, 3.05) is 30.9 Å². The molecule has 8 heteroatoms. The number of anilines is 1. The number of benzene rings is 2. The summed E-state index contributed by atoms with van der Waals surface area (Å²) in [7, 11) is -3.64. The lowest BCUT2D eigenvalue weighted by Crippen LogP contribution is -2.48. The van der Waals surface area contributed by atoms with Crippen LogP contribution in [0.1, 0.15) is 15.2 Å². The smallest absolute Gasteiger partial charge is 0.261 e. The van der Waals surface area contributed by atoms with E-state index < -0.39 is 10.0 Å². The molecule has 4 rings (SSSR count). The van der Waals surface area contributed by atoms with Crippen LogP contribution in [0.4, 0.5) is 5.69 Å². The van der Waals surface area contributed by atoms with Crippen LogP contribution in [0.2, 0.25) is 0 Å². The molecule has 1 aromatic heterocycles. The average Bonchev–Trinajstić information content (AvgIpc) is 3.28. The molecule has 3 aromatic rings. The Bertz CT molecular complexity index is 1070.